The Hall–Kier alpha value is -3.04. The second-order valence-electron chi connectivity index (χ2n) is 6.05. The number of halogens is 3. The number of aliphatic hydroxyl groups excluding tert-OH is 1. The molecular formula is C16H16F3N5O4. The normalized spacial score (nSPS) is 19.4. The van der Waals surface area contributed by atoms with Crippen LogP contribution in [0.2, 0.25) is 0 Å². The number of ether oxygens (including phenoxy) is 1. The number of hydrogen-bond donors (Lipinski definition) is 4. The summed E-state index contributed by atoms with van der Waals surface area (Å²) in [6.07, 6.45) is -3.22. The number of hydrogen-bond acceptors (Lipinski definition) is 6. The van der Waals surface area contributed by atoms with E-state index in [4.69, 9.17) is 10.5 Å². The number of carbonyl (C=O) groups excluding carboxylic acids is 1. The van der Waals surface area contributed by atoms with E-state index in [2.05, 4.69) is 21.8 Å². The van der Waals surface area contributed by atoms with Gasteiger partial charge in [0.1, 0.15) is 6.23 Å². The zero-order valence-corrected chi connectivity index (χ0v) is 14.3. The molecule has 1 amide bonds. The minimum absolute atomic E-state index is 0.0971. The van der Waals surface area contributed by atoms with E-state index in [0.717, 1.165) is 0 Å². The smallest absolute Gasteiger partial charge is 0.394 e. The monoisotopic (exact) mass is 399 g/mol. The third-order valence-corrected chi connectivity index (χ3v) is 4.12. The molecule has 2 aromatic heterocycles. The third-order valence-electron chi connectivity index (χ3n) is 4.12. The number of aliphatic hydroxyl groups is 1. The standard InChI is InChI=1S/C16H16F3N5O4/c17-16(18,19)14(27)21-5-1-2-8-6-24(10-4-3-9(7-25)28-10)12-11(8)13(26)23-15(20)22-12/h6,9-10,25H,3-5,7H2,(H,21,27)(H3,20,22,23,26)/t9-,10+/m0/s1. The van der Waals surface area contributed by atoms with Gasteiger partial charge in [0.15, 0.2) is 5.65 Å². The van der Waals surface area contributed by atoms with Crippen LogP contribution in [-0.4, -0.2) is 51.0 Å². The van der Waals surface area contributed by atoms with Crippen LogP contribution in [0.5, 0.6) is 0 Å². The molecule has 1 fully saturated rings. The molecule has 0 radical (unpaired) electrons. The molecule has 3 rings (SSSR count). The lowest BCUT2D eigenvalue weighted by atomic mass is 10.2. The Kier molecular flexibility index (Phi) is 5.30. The van der Waals surface area contributed by atoms with Crippen molar-refractivity contribution >= 4 is 22.9 Å². The number of nitrogens with two attached hydrogens (primary N) is 1. The van der Waals surface area contributed by atoms with Crippen LogP contribution in [0.25, 0.3) is 11.0 Å². The number of nitrogens with zero attached hydrogens (tertiary/aromatic N) is 2. The molecule has 0 saturated carbocycles. The molecule has 0 aromatic carbocycles. The van der Waals surface area contributed by atoms with Gasteiger partial charge in [-0.15, -0.1) is 0 Å². The highest BCUT2D eigenvalue weighted by molar-refractivity contribution is 5.84. The number of aromatic nitrogens is 3. The minimum Gasteiger partial charge on any atom is -0.394 e. The van der Waals surface area contributed by atoms with E-state index < -0.39 is 30.4 Å². The number of H-pyrrole nitrogens is 1. The second kappa shape index (κ2) is 7.53. The van der Waals surface area contributed by atoms with Crippen molar-refractivity contribution in [1.29, 1.82) is 0 Å². The van der Waals surface area contributed by atoms with E-state index in [9.17, 15) is 27.9 Å². The van der Waals surface area contributed by atoms with Crippen molar-refractivity contribution in [1.82, 2.24) is 19.9 Å². The number of fused-ring (bicyclic) bond motifs is 1. The fourth-order valence-electron chi connectivity index (χ4n) is 2.88. The van der Waals surface area contributed by atoms with Gasteiger partial charge in [0.05, 0.1) is 30.2 Å². The average Bonchev–Trinajstić information content (AvgIpc) is 3.22. The number of amides is 1. The maximum Gasteiger partial charge on any atom is 0.471 e. The zero-order chi connectivity index (χ0) is 20.5. The van der Waals surface area contributed by atoms with E-state index in [-0.39, 0.29) is 35.3 Å². The van der Waals surface area contributed by atoms with Gasteiger partial charge in [-0.3, -0.25) is 14.6 Å². The van der Waals surface area contributed by atoms with Gasteiger partial charge in [-0.2, -0.15) is 18.2 Å². The Balaban J connectivity index is 1.92. The van der Waals surface area contributed by atoms with E-state index in [1.165, 1.54) is 6.20 Å². The number of anilines is 1. The molecule has 28 heavy (non-hydrogen) atoms. The Morgan fingerprint density at radius 1 is 1.50 bits per heavy atom. The van der Waals surface area contributed by atoms with Crippen LogP contribution in [0.4, 0.5) is 19.1 Å². The van der Waals surface area contributed by atoms with Crippen molar-refractivity contribution in [2.24, 2.45) is 0 Å². The summed E-state index contributed by atoms with van der Waals surface area (Å²) in [6, 6.07) is 0. The summed E-state index contributed by atoms with van der Waals surface area (Å²) >= 11 is 0. The summed E-state index contributed by atoms with van der Waals surface area (Å²) in [5.41, 5.74) is 5.43. The first kappa shape index (κ1) is 19.7. The molecule has 1 saturated heterocycles. The molecule has 1 aliphatic heterocycles. The highest BCUT2D eigenvalue weighted by Crippen LogP contribution is 2.31. The Labute approximate surface area is 155 Å². The van der Waals surface area contributed by atoms with E-state index in [1.807, 2.05) is 0 Å². The summed E-state index contributed by atoms with van der Waals surface area (Å²) in [7, 11) is 0. The molecule has 2 aromatic rings. The summed E-state index contributed by atoms with van der Waals surface area (Å²) < 4.78 is 43.8. The number of alkyl halides is 3. The number of aromatic amines is 1. The van der Waals surface area contributed by atoms with Gasteiger partial charge in [-0.25, -0.2) is 0 Å². The van der Waals surface area contributed by atoms with Crippen LogP contribution in [0.15, 0.2) is 11.0 Å². The second-order valence-corrected chi connectivity index (χ2v) is 6.05. The van der Waals surface area contributed by atoms with E-state index in [1.54, 1.807) is 9.88 Å². The Bertz CT molecular complexity index is 1020. The van der Waals surface area contributed by atoms with Gasteiger partial charge < -0.3 is 25.5 Å². The maximum atomic E-state index is 12.3. The van der Waals surface area contributed by atoms with Crippen LogP contribution < -0.4 is 16.6 Å². The molecule has 12 heteroatoms. The van der Waals surface area contributed by atoms with Crippen molar-refractivity contribution in [3.63, 3.8) is 0 Å². The van der Waals surface area contributed by atoms with E-state index >= 15 is 0 Å². The first-order valence-corrected chi connectivity index (χ1v) is 8.21. The molecule has 2 atom stereocenters. The molecule has 1 aliphatic rings. The molecule has 9 nitrogen and oxygen atoms in total. The summed E-state index contributed by atoms with van der Waals surface area (Å²) in [5, 5.41) is 10.9. The molecule has 3 heterocycles. The predicted molar refractivity (Wildman–Crippen MR) is 90.9 cm³/mol. The molecule has 150 valence electrons. The minimum atomic E-state index is -5.00. The van der Waals surface area contributed by atoms with Crippen molar-refractivity contribution in [2.45, 2.75) is 31.3 Å². The van der Waals surface area contributed by atoms with Gasteiger partial charge >= 0.3 is 12.1 Å². The molecule has 0 spiro atoms. The van der Waals surface area contributed by atoms with Crippen LogP contribution in [0, 0.1) is 11.8 Å². The molecular weight excluding hydrogens is 383 g/mol. The van der Waals surface area contributed by atoms with Gasteiger partial charge in [-0.05, 0) is 12.8 Å². The van der Waals surface area contributed by atoms with Crippen LogP contribution in [0.3, 0.4) is 0 Å². The number of carbonyl (C=O) groups is 1. The highest BCUT2D eigenvalue weighted by Gasteiger charge is 2.38. The van der Waals surface area contributed by atoms with Gasteiger partial charge in [0.25, 0.3) is 5.56 Å². The van der Waals surface area contributed by atoms with Gasteiger partial charge in [-0.1, -0.05) is 11.8 Å². The highest BCUT2D eigenvalue weighted by atomic mass is 19.4. The van der Waals surface area contributed by atoms with Crippen molar-refractivity contribution in [3.05, 3.63) is 22.1 Å². The predicted octanol–water partition coefficient (Wildman–Crippen LogP) is 0.00670. The molecule has 0 aliphatic carbocycles. The quantitative estimate of drug-likeness (QED) is 0.537. The zero-order valence-electron chi connectivity index (χ0n) is 14.3. The lowest BCUT2D eigenvalue weighted by Crippen LogP contribution is -2.36. The number of rotatable bonds is 3. The fraction of sp³-hybridized carbons (Fsp3) is 0.438. The summed E-state index contributed by atoms with van der Waals surface area (Å²) in [4.78, 5) is 29.5. The third kappa shape index (κ3) is 3.95. The van der Waals surface area contributed by atoms with Gasteiger partial charge in [0, 0.05) is 6.20 Å². The molecule has 0 unspecified atom stereocenters. The average molecular weight is 399 g/mol. The first-order valence-electron chi connectivity index (χ1n) is 8.21. The van der Waals surface area contributed by atoms with Crippen LogP contribution in [-0.2, 0) is 9.53 Å². The van der Waals surface area contributed by atoms with Gasteiger partial charge in [0.2, 0.25) is 5.95 Å². The Morgan fingerprint density at radius 2 is 2.25 bits per heavy atom. The number of nitrogen functional groups attached to an aromatic ring is 1. The largest absolute Gasteiger partial charge is 0.471 e. The molecule has 0 bridgehead atoms. The van der Waals surface area contributed by atoms with E-state index in [0.29, 0.717) is 12.8 Å². The number of nitrogens with one attached hydrogen (secondary N) is 2. The van der Waals surface area contributed by atoms with Crippen molar-refractivity contribution < 1.29 is 27.8 Å². The lowest BCUT2D eigenvalue weighted by Gasteiger charge is -2.14. The SMILES string of the molecule is Nc1nc2c(c(C#CCNC(=O)C(F)(F)F)cn2[C@H]2CC[C@@H](CO)O2)c(=O)[nH]1. The first-order chi connectivity index (χ1) is 13.2. The maximum absolute atomic E-state index is 12.3. The fourth-order valence-corrected chi connectivity index (χ4v) is 2.88. The lowest BCUT2D eigenvalue weighted by molar-refractivity contribution is -0.173. The Morgan fingerprint density at radius 3 is 2.89 bits per heavy atom. The van der Waals surface area contributed by atoms with Crippen molar-refractivity contribution in [3.8, 4) is 11.8 Å². The van der Waals surface area contributed by atoms with Crippen LogP contribution >= 0.6 is 0 Å². The van der Waals surface area contributed by atoms with Crippen molar-refractivity contribution in [2.75, 3.05) is 18.9 Å². The summed E-state index contributed by atoms with van der Waals surface area (Å²) in [6.45, 7) is -0.713. The summed E-state index contributed by atoms with van der Waals surface area (Å²) in [5.74, 6) is 2.71. The molecule has 5 N–H and O–H groups in total. The topological polar surface area (TPSA) is 135 Å². The van der Waals surface area contributed by atoms with Crippen LogP contribution in [0.1, 0.15) is 24.6 Å².